The number of amides is 1. The smallest absolute Gasteiger partial charge is 0.305 e. The highest BCUT2D eigenvalue weighted by atomic mass is 79.9. The lowest BCUT2D eigenvalue weighted by Crippen LogP contribution is -2.33. The number of halogens is 2. The number of aliphatic carboxylic acids is 1. The summed E-state index contributed by atoms with van der Waals surface area (Å²) in [6.45, 7) is 2.12. The van der Waals surface area contributed by atoms with E-state index < -0.39 is 17.7 Å². The molecule has 0 spiro atoms. The first-order chi connectivity index (χ1) is 8.45. The van der Waals surface area contributed by atoms with Crippen molar-refractivity contribution in [2.24, 2.45) is 0 Å². The van der Waals surface area contributed by atoms with Crippen LogP contribution in [0.25, 0.3) is 0 Å². The molecule has 1 N–H and O–H groups in total. The van der Waals surface area contributed by atoms with Crippen molar-refractivity contribution < 1.29 is 19.1 Å². The molecule has 4 nitrogen and oxygen atoms in total. The fourth-order valence-corrected chi connectivity index (χ4v) is 1.83. The third-order valence-corrected chi connectivity index (χ3v) is 2.92. The Morgan fingerprint density at radius 1 is 1.44 bits per heavy atom. The highest BCUT2D eigenvalue weighted by molar-refractivity contribution is 9.10. The van der Waals surface area contributed by atoms with Gasteiger partial charge in [-0.25, -0.2) is 4.39 Å². The van der Waals surface area contributed by atoms with Gasteiger partial charge in [-0.15, -0.1) is 0 Å². The van der Waals surface area contributed by atoms with Crippen LogP contribution in [0.5, 0.6) is 0 Å². The van der Waals surface area contributed by atoms with Gasteiger partial charge in [0.05, 0.1) is 12.0 Å². The van der Waals surface area contributed by atoms with Gasteiger partial charge in [0.15, 0.2) is 0 Å². The Morgan fingerprint density at radius 3 is 2.67 bits per heavy atom. The summed E-state index contributed by atoms with van der Waals surface area (Å²) >= 11 is 3.17. The number of hydrogen-bond acceptors (Lipinski definition) is 2. The molecular formula is C12H13BrFNO3. The second kappa shape index (κ2) is 6.49. The van der Waals surface area contributed by atoms with Crippen molar-refractivity contribution in [3.8, 4) is 0 Å². The van der Waals surface area contributed by atoms with Crippen LogP contribution in [0.2, 0.25) is 0 Å². The molecule has 0 radical (unpaired) electrons. The van der Waals surface area contributed by atoms with Gasteiger partial charge in [0.25, 0.3) is 5.91 Å². The van der Waals surface area contributed by atoms with Gasteiger partial charge in [-0.2, -0.15) is 0 Å². The van der Waals surface area contributed by atoms with Crippen molar-refractivity contribution in [3.05, 3.63) is 34.1 Å². The minimum Gasteiger partial charge on any atom is -0.481 e. The minimum atomic E-state index is -0.990. The second-order valence-corrected chi connectivity index (χ2v) is 4.57. The van der Waals surface area contributed by atoms with E-state index in [0.29, 0.717) is 11.0 Å². The Morgan fingerprint density at radius 2 is 2.11 bits per heavy atom. The van der Waals surface area contributed by atoms with E-state index in [4.69, 9.17) is 5.11 Å². The van der Waals surface area contributed by atoms with Crippen molar-refractivity contribution in [2.75, 3.05) is 13.1 Å². The van der Waals surface area contributed by atoms with Crippen molar-refractivity contribution >= 4 is 27.8 Å². The van der Waals surface area contributed by atoms with Crippen molar-refractivity contribution in [3.63, 3.8) is 0 Å². The molecule has 1 aromatic rings. The van der Waals surface area contributed by atoms with Gasteiger partial charge in [0, 0.05) is 17.6 Å². The quantitative estimate of drug-likeness (QED) is 0.907. The highest BCUT2D eigenvalue weighted by Crippen LogP contribution is 2.17. The van der Waals surface area contributed by atoms with E-state index >= 15 is 0 Å². The summed E-state index contributed by atoms with van der Waals surface area (Å²) in [6.07, 6.45) is -0.158. The third-order valence-electron chi connectivity index (χ3n) is 2.42. The molecule has 18 heavy (non-hydrogen) atoms. The Bertz CT molecular complexity index is 465. The third kappa shape index (κ3) is 3.80. The van der Waals surface area contributed by atoms with E-state index in [9.17, 15) is 14.0 Å². The number of hydrogen-bond donors (Lipinski definition) is 1. The molecule has 0 aliphatic rings. The van der Waals surface area contributed by atoms with E-state index in [2.05, 4.69) is 15.9 Å². The van der Waals surface area contributed by atoms with Crippen molar-refractivity contribution in [1.29, 1.82) is 0 Å². The Kier molecular flexibility index (Phi) is 5.27. The van der Waals surface area contributed by atoms with Gasteiger partial charge < -0.3 is 10.0 Å². The molecule has 0 aliphatic heterocycles. The zero-order valence-electron chi connectivity index (χ0n) is 9.82. The molecule has 0 aromatic heterocycles. The van der Waals surface area contributed by atoms with Gasteiger partial charge in [-0.3, -0.25) is 9.59 Å². The molecule has 1 rings (SSSR count). The predicted octanol–water partition coefficient (Wildman–Crippen LogP) is 2.53. The van der Waals surface area contributed by atoms with Crippen LogP contribution in [-0.2, 0) is 4.79 Å². The maximum atomic E-state index is 13.5. The number of carboxylic acid groups (broad SMARTS) is 1. The molecule has 1 aromatic carbocycles. The molecule has 0 bridgehead atoms. The average Bonchev–Trinajstić information content (AvgIpc) is 2.32. The second-order valence-electron chi connectivity index (χ2n) is 3.65. The molecule has 98 valence electrons. The van der Waals surface area contributed by atoms with Gasteiger partial charge in [0.2, 0.25) is 0 Å². The number of carbonyl (C=O) groups is 2. The van der Waals surface area contributed by atoms with Crippen LogP contribution in [0.1, 0.15) is 23.7 Å². The number of carboxylic acids is 1. The minimum absolute atomic E-state index is 0.0587. The zero-order chi connectivity index (χ0) is 13.7. The standard InChI is InChI=1S/C12H13BrFNO3/c1-2-15(6-5-11(16)17)12(18)9-7-8(13)3-4-10(9)14/h3-4,7H,2,5-6H2,1H3,(H,16,17). The summed E-state index contributed by atoms with van der Waals surface area (Å²) in [5, 5.41) is 8.59. The normalized spacial score (nSPS) is 10.2. The van der Waals surface area contributed by atoms with Gasteiger partial charge in [-0.05, 0) is 25.1 Å². The highest BCUT2D eigenvalue weighted by Gasteiger charge is 2.18. The first-order valence-electron chi connectivity index (χ1n) is 5.41. The van der Waals surface area contributed by atoms with Gasteiger partial charge >= 0.3 is 5.97 Å². The molecule has 0 fully saturated rings. The van der Waals surface area contributed by atoms with Crippen LogP contribution in [-0.4, -0.2) is 35.0 Å². The van der Waals surface area contributed by atoms with Gasteiger partial charge in [0.1, 0.15) is 5.82 Å². The zero-order valence-corrected chi connectivity index (χ0v) is 11.4. The molecule has 0 saturated heterocycles. The number of carbonyl (C=O) groups excluding carboxylic acids is 1. The average molecular weight is 318 g/mol. The number of rotatable bonds is 5. The molecule has 0 saturated carbocycles. The number of benzene rings is 1. The summed E-state index contributed by atoms with van der Waals surface area (Å²) in [5.74, 6) is -2.11. The molecule has 0 aliphatic carbocycles. The summed E-state index contributed by atoms with van der Waals surface area (Å²) in [4.78, 5) is 23.8. The molecule has 0 heterocycles. The maximum Gasteiger partial charge on any atom is 0.305 e. The van der Waals surface area contributed by atoms with Crippen molar-refractivity contribution in [2.45, 2.75) is 13.3 Å². The van der Waals surface area contributed by atoms with E-state index in [-0.39, 0.29) is 18.5 Å². The van der Waals surface area contributed by atoms with Crippen molar-refractivity contribution in [1.82, 2.24) is 4.90 Å². The summed E-state index contributed by atoms with van der Waals surface area (Å²) in [7, 11) is 0. The largest absolute Gasteiger partial charge is 0.481 e. The Balaban J connectivity index is 2.89. The molecule has 1 amide bonds. The Labute approximate surface area is 113 Å². The van der Waals surface area contributed by atoms with Crippen LogP contribution in [0.3, 0.4) is 0 Å². The lowest BCUT2D eigenvalue weighted by molar-refractivity contribution is -0.137. The van der Waals surface area contributed by atoms with Crippen LogP contribution in [0, 0.1) is 5.82 Å². The maximum absolute atomic E-state index is 13.5. The van der Waals surface area contributed by atoms with Crippen LogP contribution in [0.4, 0.5) is 4.39 Å². The SMILES string of the molecule is CCN(CCC(=O)O)C(=O)c1cc(Br)ccc1F. The van der Waals surface area contributed by atoms with E-state index in [1.54, 1.807) is 6.92 Å². The molecule has 0 unspecified atom stereocenters. The molecule has 6 heteroatoms. The fourth-order valence-electron chi connectivity index (χ4n) is 1.47. The first-order valence-corrected chi connectivity index (χ1v) is 6.21. The summed E-state index contributed by atoms with van der Waals surface area (Å²) in [6, 6.07) is 4.09. The first kappa shape index (κ1) is 14.6. The fraction of sp³-hybridized carbons (Fsp3) is 0.333. The van der Waals surface area contributed by atoms with E-state index in [1.165, 1.54) is 23.1 Å². The van der Waals surface area contributed by atoms with Crippen LogP contribution < -0.4 is 0 Å². The monoisotopic (exact) mass is 317 g/mol. The molecule has 0 atom stereocenters. The number of nitrogens with zero attached hydrogens (tertiary/aromatic N) is 1. The predicted molar refractivity (Wildman–Crippen MR) is 67.9 cm³/mol. The summed E-state index contributed by atoms with van der Waals surface area (Å²) < 4.78 is 14.1. The van der Waals surface area contributed by atoms with Crippen LogP contribution >= 0.6 is 15.9 Å². The van der Waals surface area contributed by atoms with Gasteiger partial charge in [-0.1, -0.05) is 15.9 Å². The lowest BCUT2D eigenvalue weighted by atomic mass is 10.2. The lowest BCUT2D eigenvalue weighted by Gasteiger charge is -2.20. The van der Waals surface area contributed by atoms with E-state index in [0.717, 1.165) is 0 Å². The topological polar surface area (TPSA) is 57.6 Å². The van der Waals surface area contributed by atoms with Crippen LogP contribution in [0.15, 0.2) is 22.7 Å². The Hall–Kier alpha value is -1.43. The summed E-state index contributed by atoms with van der Waals surface area (Å²) in [5.41, 5.74) is -0.0587. The van der Waals surface area contributed by atoms with E-state index in [1.807, 2.05) is 0 Å². The molecular weight excluding hydrogens is 305 g/mol.